The SMILES string of the molecule is CC(C)C(=O)N1CSC[C@H]1C. The molecule has 0 aromatic heterocycles. The van der Waals surface area contributed by atoms with E-state index in [0.29, 0.717) is 11.9 Å². The highest BCUT2D eigenvalue weighted by Gasteiger charge is 2.26. The zero-order chi connectivity index (χ0) is 8.43. The van der Waals surface area contributed by atoms with E-state index in [1.165, 1.54) is 0 Å². The van der Waals surface area contributed by atoms with Gasteiger partial charge in [0, 0.05) is 17.7 Å². The van der Waals surface area contributed by atoms with Gasteiger partial charge in [-0.2, -0.15) is 0 Å². The van der Waals surface area contributed by atoms with Crippen molar-refractivity contribution in [3.05, 3.63) is 0 Å². The van der Waals surface area contributed by atoms with E-state index in [1.807, 2.05) is 30.5 Å². The first-order valence-corrected chi connectivity index (χ1v) is 5.16. The van der Waals surface area contributed by atoms with Crippen LogP contribution in [0.25, 0.3) is 0 Å². The Bertz CT molecular complexity index is 158. The van der Waals surface area contributed by atoms with Gasteiger partial charge < -0.3 is 4.90 Å². The summed E-state index contributed by atoms with van der Waals surface area (Å²) in [6.07, 6.45) is 0. The van der Waals surface area contributed by atoms with E-state index < -0.39 is 0 Å². The Morgan fingerprint density at radius 3 is 2.64 bits per heavy atom. The molecule has 64 valence electrons. The molecule has 1 atom stereocenters. The van der Waals surface area contributed by atoms with Crippen LogP contribution in [0.2, 0.25) is 0 Å². The maximum Gasteiger partial charge on any atom is 0.226 e. The van der Waals surface area contributed by atoms with Gasteiger partial charge in [-0.3, -0.25) is 4.79 Å². The lowest BCUT2D eigenvalue weighted by Gasteiger charge is -2.22. The number of carbonyl (C=O) groups excluding carboxylic acids is 1. The molecule has 0 radical (unpaired) electrons. The smallest absolute Gasteiger partial charge is 0.226 e. The van der Waals surface area contributed by atoms with Gasteiger partial charge in [0.05, 0.1) is 5.88 Å². The van der Waals surface area contributed by atoms with Crippen molar-refractivity contribution in [2.75, 3.05) is 11.6 Å². The molecule has 1 aliphatic heterocycles. The fraction of sp³-hybridized carbons (Fsp3) is 0.875. The van der Waals surface area contributed by atoms with Gasteiger partial charge in [0.15, 0.2) is 0 Å². The molecule has 1 rings (SSSR count). The molecule has 2 nitrogen and oxygen atoms in total. The number of carbonyl (C=O) groups is 1. The number of hydrogen-bond donors (Lipinski definition) is 0. The van der Waals surface area contributed by atoms with Crippen LogP contribution in [0.3, 0.4) is 0 Å². The maximum absolute atomic E-state index is 11.5. The van der Waals surface area contributed by atoms with Gasteiger partial charge in [-0.1, -0.05) is 13.8 Å². The number of rotatable bonds is 1. The average Bonchev–Trinajstić information content (AvgIpc) is 2.33. The number of amides is 1. The van der Waals surface area contributed by atoms with Crippen molar-refractivity contribution in [2.24, 2.45) is 5.92 Å². The van der Waals surface area contributed by atoms with Crippen LogP contribution in [0.1, 0.15) is 20.8 Å². The zero-order valence-electron chi connectivity index (χ0n) is 7.33. The fourth-order valence-electron chi connectivity index (χ4n) is 1.15. The summed E-state index contributed by atoms with van der Waals surface area (Å²) >= 11 is 1.84. The van der Waals surface area contributed by atoms with Crippen molar-refractivity contribution in [3.63, 3.8) is 0 Å². The number of thioether (sulfide) groups is 1. The Balaban J connectivity index is 2.53. The van der Waals surface area contributed by atoms with Gasteiger partial charge in [0.25, 0.3) is 0 Å². The van der Waals surface area contributed by atoms with E-state index >= 15 is 0 Å². The van der Waals surface area contributed by atoms with Crippen LogP contribution in [0.4, 0.5) is 0 Å². The summed E-state index contributed by atoms with van der Waals surface area (Å²) in [7, 11) is 0. The largest absolute Gasteiger partial charge is 0.330 e. The van der Waals surface area contributed by atoms with E-state index in [2.05, 4.69) is 6.92 Å². The van der Waals surface area contributed by atoms with Crippen molar-refractivity contribution in [2.45, 2.75) is 26.8 Å². The molecule has 0 spiro atoms. The average molecular weight is 173 g/mol. The van der Waals surface area contributed by atoms with Gasteiger partial charge in [-0.15, -0.1) is 11.8 Å². The summed E-state index contributed by atoms with van der Waals surface area (Å²) in [5.74, 6) is 2.43. The van der Waals surface area contributed by atoms with Crippen molar-refractivity contribution < 1.29 is 4.79 Å². The topological polar surface area (TPSA) is 20.3 Å². The van der Waals surface area contributed by atoms with Gasteiger partial charge in [0.2, 0.25) is 5.91 Å². The van der Waals surface area contributed by atoms with Crippen LogP contribution in [0, 0.1) is 5.92 Å². The Morgan fingerprint density at radius 2 is 2.27 bits per heavy atom. The van der Waals surface area contributed by atoms with Gasteiger partial charge >= 0.3 is 0 Å². The molecule has 0 unspecified atom stereocenters. The molecular formula is C8H15NOS. The van der Waals surface area contributed by atoms with E-state index in [4.69, 9.17) is 0 Å². The molecule has 0 aromatic carbocycles. The van der Waals surface area contributed by atoms with Crippen LogP contribution in [0.5, 0.6) is 0 Å². The Labute approximate surface area is 72.3 Å². The van der Waals surface area contributed by atoms with E-state index in [1.54, 1.807) is 0 Å². The molecule has 1 heterocycles. The Hall–Kier alpha value is -0.180. The molecule has 0 aliphatic carbocycles. The first kappa shape index (κ1) is 8.91. The molecule has 3 heteroatoms. The summed E-state index contributed by atoms with van der Waals surface area (Å²) in [6.45, 7) is 6.02. The van der Waals surface area contributed by atoms with E-state index in [-0.39, 0.29) is 5.92 Å². The fourth-order valence-corrected chi connectivity index (χ4v) is 2.36. The predicted octanol–water partition coefficient (Wildman–Crippen LogP) is 1.56. The third-order valence-corrected chi connectivity index (χ3v) is 3.08. The lowest BCUT2D eigenvalue weighted by atomic mass is 10.2. The molecular weight excluding hydrogens is 158 g/mol. The lowest BCUT2D eigenvalue weighted by Crippen LogP contribution is -2.37. The summed E-state index contributed by atoms with van der Waals surface area (Å²) in [5, 5.41) is 0. The standard InChI is InChI=1S/C8H15NOS/c1-6(2)8(10)9-5-11-4-7(9)3/h6-7H,4-5H2,1-3H3/t7-/m1/s1. The molecule has 11 heavy (non-hydrogen) atoms. The maximum atomic E-state index is 11.5. The second-order valence-corrected chi connectivity index (χ2v) is 4.31. The molecule has 0 N–H and O–H groups in total. The van der Waals surface area contributed by atoms with Crippen molar-refractivity contribution in [1.29, 1.82) is 0 Å². The highest BCUT2D eigenvalue weighted by atomic mass is 32.2. The van der Waals surface area contributed by atoms with E-state index in [0.717, 1.165) is 11.6 Å². The normalized spacial score (nSPS) is 24.7. The zero-order valence-corrected chi connectivity index (χ0v) is 8.15. The van der Waals surface area contributed by atoms with Crippen LogP contribution >= 0.6 is 11.8 Å². The lowest BCUT2D eigenvalue weighted by molar-refractivity contribution is -0.134. The van der Waals surface area contributed by atoms with Crippen LogP contribution in [-0.4, -0.2) is 28.5 Å². The van der Waals surface area contributed by atoms with Gasteiger partial charge in [-0.25, -0.2) is 0 Å². The number of hydrogen-bond acceptors (Lipinski definition) is 2. The van der Waals surface area contributed by atoms with Crippen LogP contribution in [0.15, 0.2) is 0 Å². The minimum atomic E-state index is 0.149. The second-order valence-electron chi connectivity index (χ2n) is 3.31. The third-order valence-electron chi connectivity index (χ3n) is 1.90. The summed E-state index contributed by atoms with van der Waals surface area (Å²) in [6, 6.07) is 0.440. The van der Waals surface area contributed by atoms with E-state index in [9.17, 15) is 4.79 Å². The first-order valence-electron chi connectivity index (χ1n) is 4.01. The van der Waals surface area contributed by atoms with Crippen molar-refractivity contribution in [3.8, 4) is 0 Å². The second kappa shape index (κ2) is 3.48. The highest BCUT2D eigenvalue weighted by molar-refractivity contribution is 7.99. The third kappa shape index (κ3) is 1.89. The summed E-state index contributed by atoms with van der Waals surface area (Å²) in [5.41, 5.74) is 0. The minimum Gasteiger partial charge on any atom is -0.330 e. The van der Waals surface area contributed by atoms with Gasteiger partial charge in [-0.05, 0) is 6.92 Å². The van der Waals surface area contributed by atoms with Crippen molar-refractivity contribution >= 4 is 17.7 Å². The molecule has 1 fully saturated rings. The predicted molar refractivity (Wildman–Crippen MR) is 48.5 cm³/mol. The van der Waals surface area contributed by atoms with Crippen molar-refractivity contribution in [1.82, 2.24) is 4.90 Å². The highest BCUT2D eigenvalue weighted by Crippen LogP contribution is 2.21. The quantitative estimate of drug-likeness (QED) is 0.600. The molecule has 1 aliphatic rings. The molecule has 0 aromatic rings. The summed E-state index contributed by atoms with van der Waals surface area (Å²) in [4.78, 5) is 13.4. The minimum absolute atomic E-state index is 0.149. The molecule has 1 amide bonds. The monoisotopic (exact) mass is 173 g/mol. The molecule has 0 bridgehead atoms. The van der Waals surface area contributed by atoms with Crippen LogP contribution < -0.4 is 0 Å². The van der Waals surface area contributed by atoms with Gasteiger partial charge in [0.1, 0.15) is 0 Å². The Morgan fingerprint density at radius 1 is 1.64 bits per heavy atom. The first-order chi connectivity index (χ1) is 5.13. The number of nitrogens with zero attached hydrogens (tertiary/aromatic N) is 1. The van der Waals surface area contributed by atoms with Crippen LogP contribution in [-0.2, 0) is 4.79 Å². The molecule has 0 saturated carbocycles. The summed E-state index contributed by atoms with van der Waals surface area (Å²) < 4.78 is 0. The Kier molecular flexibility index (Phi) is 2.82. The molecule has 1 saturated heterocycles.